The lowest BCUT2D eigenvalue weighted by Crippen LogP contribution is -2.28. The number of nitrogens with zero attached hydrogens (tertiary/aromatic N) is 2. The Labute approximate surface area is 251 Å². The molecule has 0 radical (unpaired) electrons. The van der Waals surface area contributed by atoms with Gasteiger partial charge < -0.3 is 14.2 Å². The smallest absolute Gasteiger partial charge is 0.344 e. The van der Waals surface area contributed by atoms with Crippen LogP contribution in [-0.2, 0) is 25.7 Å². The van der Waals surface area contributed by atoms with Crippen molar-refractivity contribution in [2.24, 2.45) is 0 Å². The second-order valence-corrected chi connectivity index (χ2v) is 14.0. The maximum Gasteiger partial charge on any atom is 0.409 e. The third kappa shape index (κ3) is 6.23. The van der Waals surface area contributed by atoms with Gasteiger partial charge in [0.25, 0.3) is 0 Å². The van der Waals surface area contributed by atoms with Crippen molar-refractivity contribution >= 4 is 33.0 Å². The van der Waals surface area contributed by atoms with Gasteiger partial charge in [0.1, 0.15) is 17.2 Å². The summed E-state index contributed by atoms with van der Waals surface area (Å²) in [5.74, 6) is 0.214. The van der Waals surface area contributed by atoms with Crippen molar-refractivity contribution in [3.63, 3.8) is 0 Å². The number of carbonyl (C=O) groups excluding carboxylic acids is 1. The highest BCUT2D eigenvalue weighted by Gasteiger charge is 2.45. The number of hydrogen-bond donors (Lipinski definition) is 0. The number of ketones is 1. The quantitative estimate of drug-likeness (QED) is 0.126. The van der Waals surface area contributed by atoms with Crippen LogP contribution in [0.5, 0.6) is 0 Å². The maximum absolute atomic E-state index is 12.0. The second kappa shape index (κ2) is 12.1. The first-order valence-electron chi connectivity index (χ1n) is 14.9. The lowest BCUT2D eigenvalue weighted by Gasteiger charge is -2.25. The Balaban J connectivity index is 1.63. The van der Waals surface area contributed by atoms with Gasteiger partial charge in [-0.2, -0.15) is 4.58 Å². The zero-order valence-electron chi connectivity index (χ0n) is 26.1. The number of likely N-dealkylation sites (N-methyl/N-ethyl adjacent to an activating group) is 1. The van der Waals surface area contributed by atoms with Gasteiger partial charge in [-0.15, -0.1) is 8.42 Å². The van der Waals surface area contributed by atoms with Crippen LogP contribution < -0.4 is 4.90 Å². The van der Waals surface area contributed by atoms with Crippen LogP contribution in [0.2, 0.25) is 0 Å². The standard InChI is InChI=1S/C35H44N2O4S/c1-8-36-30-20-18-25(2)23-28(30)34(4,5)32(36)16-12-9-13-17-33-35(6,7)29-24-27(42(39,40)41)19-21-31(29)37(33)22-14-10-11-15-26(3)38/h9,12-13,16-21,23-24H,8,10-11,14-15,22H2,1-7H3/p+2. The molecule has 2 aliphatic rings. The molecule has 0 saturated carbocycles. The fourth-order valence-corrected chi connectivity index (χ4v) is 6.89. The van der Waals surface area contributed by atoms with E-state index in [9.17, 15) is 13.2 Å². The predicted octanol–water partition coefficient (Wildman–Crippen LogP) is 6.75. The van der Waals surface area contributed by atoms with Crippen LogP contribution in [0.4, 0.5) is 11.4 Å². The maximum atomic E-state index is 12.0. The summed E-state index contributed by atoms with van der Waals surface area (Å²) in [6.45, 7) is 16.4. The fourth-order valence-electron chi connectivity index (χ4n) is 6.37. The number of unbranched alkanes of at least 4 members (excludes halogenated alkanes) is 2. The molecular formula is C35H46N2O4S+2. The molecule has 6 nitrogen and oxygen atoms in total. The molecule has 2 heterocycles. The normalized spacial score (nSPS) is 18.5. The summed E-state index contributed by atoms with van der Waals surface area (Å²) in [7, 11) is -4.06. The molecule has 2 aromatic rings. The minimum Gasteiger partial charge on any atom is -0.344 e. The van der Waals surface area contributed by atoms with E-state index in [-0.39, 0.29) is 16.1 Å². The molecule has 7 heteroatoms. The lowest BCUT2D eigenvalue weighted by molar-refractivity contribution is -0.438. The molecule has 2 aliphatic heterocycles. The Morgan fingerprint density at radius 3 is 2.36 bits per heavy atom. The van der Waals surface area contributed by atoms with E-state index >= 15 is 0 Å². The van der Waals surface area contributed by atoms with Crippen LogP contribution >= 0.6 is 0 Å². The van der Waals surface area contributed by atoms with Gasteiger partial charge in [-0.25, -0.2) is 0 Å². The van der Waals surface area contributed by atoms with Gasteiger partial charge >= 0.3 is 10.1 Å². The SMILES string of the molecule is CCN1C(=CC=CC=CC2=[N+](CCCCCC(C)=O)c3ccc(S(=O)(=O)[OH2+])cc3C2(C)C)C(C)(C)c2cc(C)ccc21. The first-order valence-corrected chi connectivity index (χ1v) is 16.4. The Morgan fingerprint density at radius 1 is 0.952 bits per heavy atom. The van der Waals surface area contributed by atoms with Gasteiger partial charge in [0.2, 0.25) is 5.69 Å². The molecule has 0 bridgehead atoms. The van der Waals surface area contributed by atoms with Crippen LogP contribution in [0.25, 0.3) is 0 Å². The van der Waals surface area contributed by atoms with E-state index in [0.29, 0.717) is 6.42 Å². The molecule has 0 amide bonds. The minimum absolute atomic E-state index is 0.0170. The Kier molecular flexibility index (Phi) is 9.14. The van der Waals surface area contributed by atoms with Crippen molar-refractivity contribution < 1.29 is 22.3 Å². The fraction of sp³-hybridized carbons (Fsp3) is 0.429. The van der Waals surface area contributed by atoms with Gasteiger partial charge in [-0.3, -0.25) is 0 Å². The van der Waals surface area contributed by atoms with Crippen LogP contribution in [-0.4, -0.2) is 42.1 Å². The Morgan fingerprint density at radius 2 is 1.69 bits per heavy atom. The second-order valence-electron chi connectivity index (χ2n) is 12.5. The molecule has 0 atom stereocenters. The highest BCUT2D eigenvalue weighted by atomic mass is 32.2. The molecule has 4 rings (SSSR count). The Hall–Kier alpha value is -3.29. The van der Waals surface area contributed by atoms with Crippen molar-refractivity contribution in [1.82, 2.24) is 0 Å². The number of rotatable bonds is 11. The number of hydrogen-bond acceptors (Lipinski definition) is 4. The van der Waals surface area contributed by atoms with E-state index in [0.717, 1.165) is 49.3 Å². The monoisotopic (exact) mass is 590 g/mol. The van der Waals surface area contributed by atoms with Crippen molar-refractivity contribution in [2.45, 2.75) is 89.9 Å². The third-order valence-electron chi connectivity index (χ3n) is 8.68. The van der Waals surface area contributed by atoms with E-state index in [4.69, 9.17) is 4.55 Å². The van der Waals surface area contributed by atoms with Gasteiger partial charge in [0.15, 0.2) is 5.71 Å². The van der Waals surface area contributed by atoms with Crippen molar-refractivity contribution in [3.8, 4) is 0 Å². The third-order valence-corrected chi connectivity index (χ3v) is 9.55. The summed E-state index contributed by atoms with van der Waals surface area (Å²) in [6, 6.07) is 11.7. The molecule has 0 saturated heterocycles. The summed E-state index contributed by atoms with van der Waals surface area (Å²) < 4.78 is 33.9. The summed E-state index contributed by atoms with van der Waals surface area (Å²) in [5.41, 5.74) is 7.60. The number of Topliss-reactive ketones (excluding diaryl/α,β-unsaturated/α-hetero) is 1. The molecule has 224 valence electrons. The van der Waals surface area contributed by atoms with Crippen LogP contribution in [0, 0.1) is 6.92 Å². The summed E-state index contributed by atoms with van der Waals surface area (Å²) in [5, 5.41) is 0. The summed E-state index contributed by atoms with van der Waals surface area (Å²) >= 11 is 0. The average Bonchev–Trinajstić information content (AvgIpc) is 3.25. The first kappa shape index (κ1) is 31.6. The predicted molar refractivity (Wildman–Crippen MR) is 173 cm³/mol. The van der Waals surface area contributed by atoms with E-state index in [1.165, 1.54) is 28.6 Å². The van der Waals surface area contributed by atoms with Crippen molar-refractivity contribution in [3.05, 3.63) is 89.2 Å². The largest absolute Gasteiger partial charge is 0.409 e. The van der Waals surface area contributed by atoms with E-state index in [1.807, 2.05) is 6.07 Å². The van der Waals surface area contributed by atoms with Crippen LogP contribution in [0.15, 0.2) is 77.4 Å². The zero-order valence-corrected chi connectivity index (χ0v) is 26.9. The molecule has 0 fully saturated rings. The summed E-state index contributed by atoms with van der Waals surface area (Å²) in [4.78, 5) is 13.8. The topological polar surface area (TPSA) is 80.4 Å². The highest BCUT2D eigenvalue weighted by Crippen LogP contribution is 2.48. The van der Waals surface area contributed by atoms with Crippen LogP contribution in [0.3, 0.4) is 0 Å². The molecule has 2 N–H and O–H groups in total. The van der Waals surface area contributed by atoms with Crippen LogP contribution in [0.1, 0.15) is 83.9 Å². The van der Waals surface area contributed by atoms with E-state index in [1.54, 1.807) is 13.0 Å². The molecule has 0 unspecified atom stereocenters. The highest BCUT2D eigenvalue weighted by molar-refractivity contribution is 7.85. The number of fused-ring (bicyclic) bond motifs is 2. The molecule has 0 spiro atoms. The zero-order chi connectivity index (χ0) is 30.9. The van der Waals surface area contributed by atoms with Gasteiger partial charge in [0.05, 0.1) is 5.41 Å². The average molecular weight is 591 g/mol. The Bertz CT molecular complexity index is 1610. The number of aryl methyl sites for hydroxylation is 1. The summed E-state index contributed by atoms with van der Waals surface area (Å²) in [6.07, 6.45) is 13.9. The number of allylic oxidation sites excluding steroid dienone is 6. The number of carbonyl (C=O) groups is 1. The molecule has 0 aromatic heterocycles. The van der Waals surface area contributed by atoms with Gasteiger partial charge in [-0.1, -0.05) is 49.8 Å². The minimum atomic E-state index is -4.06. The molecule has 0 aliphatic carbocycles. The van der Waals surface area contributed by atoms with E-state index in [2.05, 4.69) is 99.6 Å². The number of benzene rings is 2. The first-order chi connectivity index (χ1) is 19.7. The van der Waals surface area contributed by atoms with E-state index < -0.39 is 15.5 Å². The van der Waals surface area contributed by atoms with Gasteiger partial charge in [-0.05, 0) is 77.3 Å². The molecular weight excluding hydrogens is 544 g/mol. The number of anilines is 1. The lowest BCUT2D eigenvalue weighted by atomic mass is 9.81. The molecule has 42 heavy (non-hydrogen) atoms. The van der Waals surface area contributed by atoms with Crippen molar-refractivity contribution in [1.29, 1.82) is 0 Å². The van der Waals surface area contributed by atoms with Crippen molar-refractivity contribution in [2.75, 3.05) is 18.0 Å². The molecule has 2 aromatic carbocycles. The van der Waals surface area contributed by atoms with Gasteiger partial charge in [0, 0.05) is 53.9 Å².